The number of nitrogens with one attached hydrogen (secondary N) is 2. The molecule has 1 saturated heterocycles. The molecule has 2 heterocycles. The zero-order valence-corrected chi connectivity index (χ0v) is 17.0. The maximum absolute atomic E-state index is 12.3. The molecule has 30 heavy (non-hydrogen) atoms. The predicted octanol–water partition coefficient (Wildman–Crippen LogP) is 1.81. The van der Waals surface area contributed by atoms with E-state index in [0.29, 0.717) is 37.7 Å². The van der Waals surface area contributed by atoms with Gasteiger partial charge >= 0.3 is 5.97 Å². The summed E-state index contributed by atoms with van der Waals surface area (Å²) in [4.78, 5) is 43.3. The average molecular weight is 411 g/mol. The molecule has 9 heteroatoms. The highest BCUT2D eigenvalue weighted by Crippen LogP contribution is 2.23. The second-order valence-corrected chi connectivity index (χ2v) is 7.26. The molecule has 0 bridgehead atoms. The van der Waals surface area contributed by atoms with Crippen molar-refractivity contribution in [3.05, 3.63) is 47.7 Å². The molecule has 0 saturated carbocycles. The number of aromatic nitrogens is 1. The Morgan fingerprint density at radius 3 is 2.30 bits per heavy atom. The number of amides is 2. The quantitative estimate of drug-likeness (QED) is 0.664. The van der Waals surface area contributed by atoms with Crippen LogP contribution in [0.15, 0.2) is 36.5 Å². The van der Waals surface area contributed by atoms with Gasteiger partial charge < -0.3 is 20.6 Å². The van der Waals surface area contributed by atoms with Crippen molar-refractivity contribution in [3.8, 4) is 0 Å². The molecule has 1 fully saturated rings. The van der Waals surface area contributed by atoms with E-state index in [1.54, 1.807) is 0 Å². The maximum Gasteiger partial charge on any atom is 0.339 e. The van der Waals surface area contributed by atoms with Gasteiger partial charge in [-0.2, -0.15) is 0 Å². The number of carboxylic acids is 1. The second kappa shape index (κ2) is 9.36. The molecule has 3 rings (SSSR count). The Morgan fingerprint density at radius 2 is 1.70 bits per heavy atom. The monoisotopic (exact) mass is 411 g/mol. The smallest absolute Gasteiger partial charge is 0.339 e. The van der Waals surface area contributed by atoms with Crippen LogP contribution >= 0.6 is 0 Å². The summed E-state index contributed by atoms with van der Waals surface area (Å²) in [6, 6.07) is 9.04. The van der Waals surface area contributed by atoms with Crippen molar-refractivity contribution in [2.24, 2.45) is 0 Å². The first-order valence-corrected chi connectivity index (χ1v) is 9.66. The normalized spacial score (nSPS) is 14.3. The minimum atomic E-state index is -1.11. The lowest BCUT2D eigenvalue weighted by Crippen LogP contribution is -2.49. The van der Waals surface area contributed by atoms with Crippen LogP contribution in [0.2, 0.25) is 0 Å². The molecule has 3 N–H and O–H groups in total. The van der Waals surface area contributed by atoms with E-state index in [-0.39, 0.29) is 23.9 Å². The number of hydrogen-bond acceptors (Lipinski definition) is 6. The van der Waals surface area contributed by atoms with E-state index < -0.39 is 5.97 Å². The van der Waals surface area contributed by atoms with Gasteiger partial charge in [-0.15, -0.1) is 0 Å². The molecule has 0 spiro atoms. The van der Waals surface area contributed by atoms with Crippen molar-refractivity contribution in [1.82, 2.24) is 9.88 Å². The molecule has 1 aromatic carbocycles. The molecule has 0 radical (unpaired) electrons. The summed E-state index contributed by atoms with van der Waals surface area (Å²) in [5.74, 6) is -1.13. The topological polar surface area (TPSA) is 115 Å². The van der Waals surface area contributed by atoms with Gasteiger partial charge in [0.25, 0.3) is 0 Å². The summed E-state index contributed by atoms with van der Waals surface area (Å²) in [5.41, 5.74) is 2.27. The maximum atomic E-state index is 12.3. The number of pyridine rings is 1. The van der Waals surface area contributed by atoms with Crippen LogP contribution < -0.4 is 15.5 Å². The van der Waals surface area contributed by atoms with E-state index >= 15 is 0 Å². The van der Waals surface area contributed by atoms with Crippen LogP contribution in [0, 0.1) is 6.92 Å². The van der Waals surface area contributed by atoms with Crippen LogP contribution in [0.25, 0.3) is 0 Å². The lowest BCUT2D eigenvalue weighted by atomic mass is 10.2. The summed E-state index contributed by atoms with van der Waals surface area (Å²) in [6.45, 7) is 5.91. The number of carboxylic acid groups (broad SMARTS) is 1. The first-order valence-electron chi connectivity index (χ1n) is 9.66. The van der Waals surface area contributed by atoms with Crippen LogP contribution in [0.3, 0.4) is 0 Å². The zero-order chi connectivity index (χ0) is 21.7. The highest BCUT2D eigenvalue weighted by Gasteiger charge is 2.24. The molecule has 1 aromatic heterocycles. The van der Waals surface area contributed by atoms with Crippen molar-refractivity contribution >= 4 is 35.0 Å². The van der Waals surface area contributed by atoms with Crippen LogP contribution in [0.1, 0.15) is 22.8 Å². The molecule has 158 valence electrons. The zero-order valence-electron chi connectivity index (χ0n) is 17.0. The minimum absolute atomic E-state index is 0.0341. The summed E-state index contributed by atoms with van der Waals surface area (Å²) in [6.07, 6.45) is 1.45. The number of benzene rings is 1. The van der Waals surface area contributed by atoms with Crippen molar-refractivity contribution in [2.45, 2.75) is 13.8 Å². The Bertz CT molecular complexity index is 937. The Morgan fingerprint density at radius 1 is 1.03 bits per heavy atom. The Hall–Kier alpha value is -3.46. The first kappa shape index (κ1) is 21.3. The van der Waals surface area contributed by atoms with Gasteiger partial charge in [0, 0.05) is 38.8 Å². The number of anilines is 3. The summed E-state index contributed by atoms with van der Waals surface area (Å²) in [7, 11) is 0. The number of carbonyl (C=O) groups excluding carboxylic acids is 2. The lowest BCUT2D eigenvalue weighted by Gasteiger charge is -2.35. The number of carbonyl (C=O) groups is 3. The van der Waals surface area contributed by atoms with Crippen molar-refractivity contribution < 1.29 is 19.5 Å². The third kappa shape index (κ3) is 5.54. The van der Waals surface area contributed by atoms with Crippen LogP contribution in [0.5, 0.6) is 0 Å². The van der Waals surface area contributed by atoms with E-state index in [0.717, 1.165) is 11.3 Å². The van der Waals surface area contributed by atoms with E-state index in [2.05, 4.69) is 15.6 Å². The molecule has 0 aliphatic carbocycles. The lowest BCUT2D eigenvalue weighted by molar-refractivity contribution is -0.117. The van der Waals surface area contributed by atoms with Crippen LogP contribution in [-0.2, 0) is 9.59 Å². The van der Waals surface area contributed by atoms with E-state index in [1.807, 2.05) is 41.0 Å². The van der Waals surface area contributed by atoms with Gasteiger partial charge in [-0.1, -0.05) is 17.7 Å². The van der Waals surface area contributed by atoms with E-state index in [4.69, 9.17) is 0 Å². The van der Waals surface area contributed by atoms with Crippen LogP contribution in [-0.4, -0.2) is 65.5 Å². The van der Waals surface area contributed by atoms with Crippen molar-refractivity contribution in [1.29, 1.82) is 0 Å². The minimum Gasteiger partial charge on any atom is -0.478 e. The van der Waals surface area contributed by atoms with Crippen molar-refractivity contribution in [3.63, 3.8) is 0 Å². The molecule has 1 aliphatic rings. The van der Waals surface area contributed by atoms with Gasteiger partial charge in [0.15, 0.2) is 0 Å². The summed E-state index contributed by atoms with van der Waals surface area (Å²) >= 11 is 0. The fourth-order valence-electron chi connectivity index (χ4n) is 3.30. The molecule has 2 amide bonds. The fourth-order valence-corrected chi connectivity index (χ4v) is 3.30. The Kier molecular flexibility index (Phi) is 6.63. The molecular formula is C21H25N5O4. The Balaban J connectivity index is 1.58. The second-order valence-electron chi connectivity index (χ2n) is 7.26. The standard InChI is InChI=1S/C21H25N5O4/c1-14-3-5-16(6-4-14)24-19(28)13-25-7-9-26(10-8-25)20-18(21(29)30)11-17(12-22-20)23-15(2)27/h3-6,11-12H,7-10,13H2,1-2H3,(H,23,27)(H,24,28)(H,29,30). The van der Waals surface area contributed by atoms with E-state index in [9.17, 15) is 19.5 Å². The molecule has 0 unspecified atom stereocenters. The highest BCUT2D eigenvalue weighted by molar-refractivity contribution is 5.96. The van der Waals surface area contributed by atoms with Gasteiger partial charge in [-0.05, 0) is 25.1 Å². The van der Waals surface area contributed by atoms with Gasteiger partial charge in [0.05, 0.1) is 18.4 Å². The van der Waals surface area contributed by atoms with Crippen molar-refractivity contribution in [2.75, 3.05) is 48.3 Å². The largest absolute Gasteiger partial charge is 0.478 e. The van der Waals surface area contributed by atoms with Gasteiger partial charge in [-0.3, -0.25) is 14.5 Å². The number of aromatic carboxylic acids is 1. The number of piperazine rings is 1. The number of hydrogen-bond donors (Lipinski definition) is 3. The molecule has 1 aliphatic heterocycles. The Labute approximate surface area is 174 Å². The molecule has 9 nitrogen and oxygen atoms in total. The van der Waals surface area contributed by atoms with Gasteiger partial charge in [-0.25, -0.2) is 9.78 Å². The first-order chi connectivity index (χ1) is 14.3. The number of nitrogens with zero attached hydrogens (tertiary/aromatic N) is 3. The highest BCUT2D eigenvalue weighted by atomic mass is 16.4. The third-order valence-corrected chi connectivity index (χ3v) is 4.79. The predicted molar refractivity (Wildman–Crippen MR) is 114 cm³/mol. The summed E-state index contributed by atoms with van der Waals surface area (Å²) in [5, 5.41) is 15.0. The molecule has 2 aromatic rings. The number of rotatable bonds is 6. The molecular weight excluding hydrogens is 386 g/mol. The number of aryl methyl sites for hydroxylation is 1. The SMILES string of the molecule is CC(=O)Nc1cnc(N2CCN(CC(=O)Nc3ccc(C)cc3)CC2)c(C(=O)O)c1. The summed E-state index contributed by atoms with van der Waals surface area (Å²) < 4.78 is 0. The van der Waals surface area contributed by atoms with Crippen LogP contribution in [0.4, 0.5) is 17.2 Å². The van der Waals surface area contributed by atoms with Gasteiger partial charge in [0.1, 0.15) is 11.4 Å². The van der Waals surface area contributed by atoms with E-state index in [1.165, 1.54) is 19.2 Å². The van der Waals surface area contributed by atoms with Gasteiger partial charge in [0.2, 0.25) is 11.8 Å². The fraction of sp³-hybridized carbons (Fsp3) is 0.333. The third-order valence-electron chi connectivity index (χ3n) is 4.79. The average Bonchev–Trinajstić information content (AvgIpc) is 2.70. The molecule has 0 atom stereocenters.